The van der Waals surface area contributed by atoms with Gasteiger partial charge < -0.3 is 6.53 Å². The van der Waals surface area contributed by atoms with Gasteiger partial charge in [-0.2, -0.15) is 0 Å². The van der Waals surface area contributed by atoms with Gasteiger partial charge in [-0.3, -0.25) is 0 Å². The van der Waals surface area contributed by atoms with Crippen molar-refractivity contribution >= 4 is 5.97 Å². The summed E-state index contributed by atoms with van der Waals surface area (Å²) in [5.41, 5.74) is 5.91. The zero-order valence-corrected chi connectivity index (χ0v) is 21.1. The molecule has 1 aromatic rings. The van der Waals surface area contributed by atoms with Crippen molar-refractivity contribution in [1.29, 1.82) is 0 Å². The van der Waals surface area contributed by atoms with Gasteiger partial charge in [-0.25, -0.2) is 4.79 Å². The molecule has 3 heteroatoms. The van der Waals surface area contributed by atoms with E-state index in [1.54, 1.807) is 0 Å². The van der Waals surface area contributed by atoms with E-state index in [1.807, 2.05) is 13.0 Å². The Morgan fingerprint density at radius 1 is 1.11 bits per heavy atom. The molecule has 0 saturated heterocycles. The van der Waals surface area contributed by atoms with Crippen molar-refractivity contribution in [2.75, 3.05) is 0 Å². The molecule has 3 rings (SSSR count). The minimum atomic E-state index is -0.884. The minimum Gasteiger partial charge on any atom is -1.00 e. The second-order valence-corrected chi connectivity index (χ2v) is 9.84. The van der Waals surface area contributed by atoms with Gasteiger partial charge in [0, 0.05) is 6.08 Å². The fraction of sp³-hybridized carbons (Fsp3) is 0.542. The quantitative estimate of drug-likeness (QED) is 0.486. The molecule has 2 nitrogen and oxygen atoms in total. The molecule has 0 unspecified atom stereocenters. The summed E-state index contributed by atoms with van der Waals surface area (Å²) in [5.74, 6) is -0.400. The van der Waals surface area contributed by atoms with Crippen LogP contribution in [-0.4, -0.2) is 11.1 Å². The molecule has 2 aliphatic carbocycles. The topological polar surface area (TPSA) is 37.3 Å². The molecule has 142 valence electrons. The van der Waals surface area contributed by atoms with Crippen LogP contribution in [0.5, 0.6) is 0 Å². The largest absolute Gasteiger partial charge is 1.00 e. The Labute approximate surface area is 208 Å². The number of hydrogen-bond acceptors (Lipinski definition) is 1. The first kappa shape index (κ1) is 23.1. The van der Waals surface area contributed by atoms with Crippen LogP contribution < -0.4 is 51.4 Å². The number of carboxylic acids is 1. The summed E-state index contributed by atoms with van der Waals surface area (Å²) in [5, 5.41) is 8.84. The number of carbonyl (C=O) groups is 1. The number of benzene rings is 1. The van der Waals surface area contributed by atoms with Gasteiger partial charge in [0.2, 0.25) is 0 Å². The fourth-order valence-corrected chi connectivity index (χ4v) is 4.46. The molecule has 0 aromatic heterocycles. The fourth-order valence-electron chi connectivity index (χ4n) is 4.46. The van der Waals surface area contributed by atoms with Gasteiger partial charge >= 0.3 is 57.4 Å². The van der Waals surface area contributed by atoms with Crippen molar-refractivity contribution in [3.8, 4) is 0 Å². The molecule has 2 atom stereocenters. The SMILES string of the molecule is CC(/C=C/[C@@H]1C[C@]1(C)c1ccc2c(c1)C(C)(C)CCC2(C)C)=C\C(=O)O.[H-].[K+]. The predicted molar refractivity (Wildman–Crippen MR) is 109 cm³/mol. The molecule has 27 heavy (non-hydrogen) atoms. The van der Waals surface area contributed by atoms with E-state index in [2.05, 4.69) is 58.9 Å². The summed E-state index contributed by atoms with van der Waals surface area (Å²) < 4.78 is 0. The molecular weight excluding hydrogens is 359 g/mol. The van der Waals surface area contributed by atoms with Crippen molar-refractivity contribution in [1.82, 2.24) is 0 Å². The van der Waals surface area contributed by atoms with Crippen molar-refractivity contribution in [2.24, 2.45) is 5.92 Å². The number of rotatable bonds is 4. The Morgan fingerprint density at radius 2 is 1.70 bits per heavy atom. The van der Waals surface area contributed by atoms with Crippen molar-refractivity contribution in [3.05, 3.63) is 58.7 Å². The number of allylic oxidation sites excluding steroid dienone is 3. The predicted octanol–water partition coefficient (Wildman–Crippen LogP) is 3.02. The van der Waals surface area contributed by atoms with E-state index in [-0.39, 0.29) is 69.1 Å². The monoisotopic (exact) mass is 392 g/mol. The maximum Gasteiger partial charge on any atom is 1.00 e. The standard InChI is InChI=1S/C24H32O2.K.H/c1-16(13-21(25)26)7-8-18-15-24(18,6)17-9-10-19-20(14-17)23(4,5)12-11-22(19,2)3;;/h7-10,13-14,18H,11-12,15H2,1-6H3,(H,25,26);;/q;+1;-1/b8-7+,16-13+;;/t18-,24-;;/m1../s1. The van der Waals surface area contributed by atoms with E-state index in [9.17, 15) is 4.79 Å². The number of fused-ring (bicyclic) bond motifs is 1. The van der Waals surface area contributed by atoms with Crippen LogP contribution in [0.15, 0.2) is 42.0 Å². The second kappa shape index (κ2) is 7.91. The summed E-state index contributed by atoms with van der Waals surface area (Å²) in [6.07, 6.45) is 9.00. The van der Waals surface area contributed by atoms with Gasteiger partial charge in [0.05, 0.1) is 0 Å². The Hall–Kier alpha value is -0.194. The van der Waals surface area contributed by atoms with Crippen LogP contribution in [-0.2, 0) is 21.0 Å². The molecule has 1 N–H and O–H groups in total. The molecule has 2 aliphatic rings. The Bertz CT molecular complexity index is 807. The van der Waals surface area contributed by atoms with Gasteiger partial charge in [0.25, 0.3) is 0 Å². The van der Waals surface area contributed by atoms with Crippen LogP contribution in [0.3, 0.4) is 0 Å². The Morgan fingerprint density at radius 3 is 2.30 bits per heavy atom. The van der Waals surface area contributed by atoms with E-state index < -0.39 is 5.97 Å². The van der Waals surface area contributed by atoms with Crippen molar-refractivity contribution < 1.29 is 62.7 Å². The Balaban J connectivity index is 0.00000196. The third kappa shape index (κ3) is 4.70. The first-order valence-corrected chi connectivity index (χ1v) is 9.71. The van der Waals surface area contributed by atoms with Crippen LogP contribution >= 0.6 is 0 Å². The first-order chi connectivity index (χ1) is 12.0. The summed E-state index contributed by atoms with van der Waals surface area (Å²) in [6, 6.07) is 7.16. The summed E-state index contributed by atoms with van der Waals surface area (Å²) in [7, 11) is 0. The third-order valence-corrected chi connectivity index (χ3v) is 6.76. The van der Waals surface area contributed by atoms with Gasteiger partial charge in [-0.15, -0.1) is 0 Å². The van der Waals surface area contributed by atoms with Crippen molar-refractivity contribution in [3.63, 3.8) is 0 Å². The van der Waals surface area contributed by atoms with Crippen LogP contribution in [0.4, 0.5) is 0 Å². The van der Waals surface area contributed by atoms with Crippen LogP contribution in [0.2, 0.25) is 0 Å². The molecule has 0 heterocycles. The first-order valence-electron chi connectivity index (χ1n) is 9.71. The number of carboxylic acid groups (broad SMARTS) is 1. The maximum absolute atomic E-state index is 10.8. The molecule has 0 aliphatic heterocycles. The Kier molecular flexibility index (Phi) is 6.76. The third-order valence-electron chi connectivity index (χ3n) is 6.76. The van der Waals surface area contributed by atoms with Gasteiger partial charge in [0.1, 0.15) is 0 Å². The summed E-state index contributed by atoms with van der Waals surface area (Å²) >= 11 is 0. The average Bonchev–Trinajstić information content (AvgIpc) is 3.21. The van der Waals surface area contributed by atoms with Crippen LogP contribution in [0.25, 0.3) is 0 Å². The van der Waals surface area contributed by atoms with E-state index in [4.69, 9.17) is 5.11 Å². The van der Waals surface area contributed by atoms with Crippen LogP contribution in [0.1, 0.15) is 78.9 Å². The zero-order valence-electron chi connectivity index (χ0n) is 19.0. The van der Waals surface area contributed by atoms with Crippen LogP contribution in [0, 0.1) is 5.92 Å². The number of hydrogen-bond donors (Lipinski definition) is 1. The molecular formula is C24H33KO2. The van der Waals surface area contributed by atoms with Gasteiger partial charge in [-0.05, 0) is 70.6 Å². The summed E-state index contributed by atoms with van der Waals surface area (Å²) in [4.78, 5) is 10.8. The van der Waals surface area contributed by atoms with E-state index in [0.29, 0.717) is 5.92 Å². The molecule has 0 bridgehead atoms. The smallest absolute Gasteiger partial charge is 1.00 e. The molecule has 1 fully saturated rings. The van der Waals surface area contributed by atoms with Crippen molar-refractivity contribution in [2.45, 2.75) is 77.0 Å². The van der Waals surface area contributed by atoms with E-state index in [0.717, 1.165) is 12.0 Å². The average molecular weight is 393 g/mol. The molecule has 1 aromatic carbocycles. The normalized spacial score (nSPS) is 28.4. The molecule has 0 radical (unpaired) electrons. The van der Waals surface area contributed by atoms with E-state index >= 15 is 0 Å². The van der Waals surface area contributed by atoms with Gasteiger partial charge in [-0.1, -0.05) is 65.0 Å². The number of aliphatic carboxylic acids is 1. The maximum atomic E-state index is 10.8. The molecule has 0 spiro atoms. The van der Waals surface area contributed by atoms with E-state index in [1.165, 1.54) is 35.6 Å². The minimum absolute atomic E-state index is 0. The molecule has 0 amide bonds. The van der Waals surface area contributed by atoms with Gasteiger partial charge in [0.15, 0.2) is 0 Å². The zero-order chi connectivity index (χ0) is 19.3. The summed E-state index contributed by atoms with van der Waals surface area (Å²) in [6.45, 7) is 13.6. The second-order valence-electron chi connectivity index (χ2n) is 9.84. The molecule has 1 saturated carbocycles.